The maximum atomic E-state index is 12.6. The van der Waals surface area contributed by atoms with Crippen molar-refractivity contribution < 1.29 is 29.1 Å². The first-order valence-corrected chi connectivity index (χ1v) is 9.35. The van der Waals surface area contributed by atoms with Crippen LogP contribution in [-0.2, 0) is 4.57 Å². The van der Waals surface area contributed by atoms with Gasteiger partial charge in [0.1, 0.15) is 19.3 Å². The molecule has 1 unspecified atom stereocenters. The lowest BCUT2D eigenvalue weighted by Crippen LogP contribution is -2.08. The predicted octanol–water partition coefficient (Wildman–Crippen LogP) is 3.39. The summed E-state index contributed by atoms with van der Waals surface area (Å²) in [6.45, 7) is 0. The molecule has 3 rings (SSSR count). The van der Waals surface area contributed by atoms with Gasteiger partial charge in [-0.05, 0) is 42.5 Å². The topological polar surface area (TPSA) is 101 Å². The number of hydrogen-bond donors (Lipinski definition) is 2. The second kappa shape index (κ2) is 7.89. The van der Waals surface area contributed by atoms with E-state index < -0.39 is 19.7 Å². The number of aromatic carboxylic acids is 2. The van der Waals surface area contributed by atoms with Crippen LogP contribution in [0.1, 0.15) is 20.7 Å². The summed E-state index contributed by atoms with van der Waals surface area (Å²) in [7, 11) is -2.11. The third-order valence-electron chi connectivity index (χ3n) is 3.84. The Morgan fingerprint density at radius 3 is 1.85 bits per heavy atom. The van der Waals surface area contributed by atoms with Crippen molar-refractivity contribution in [2.75, 3.05) is 0 Å². The zero-order chi connectivity index (χ0) is 19.4. The van der Waals surface area contributed by atoms with E-state index in [1.165, 1.54) is 12.1 Å². The number of carboxylic acid groups (broad SMARTS) is 2. The van der Waals surface area contributed by atoms with Gasteiger partial charge >= 0.3 is 11.9 Å². The van der Waals surface area contributed by atoms with Gasteiger partial charge in [0.05, 0.1) is 11.1 Å². The molecule has 0 heterocycles. The molecular weight excluding hydrogens is 367 g/mol. The van der Waals surface area contributed by atoms with Gasteiger partial charge in [-0.25, -0.2) is 9.59 Å². The van der Waals surface area contributed by atoms with Crippen LogP contribution in [0.4, 0.5) is 0 Å². The Kier molecular flexibility index (Phi) is 5.38. The fourth-order valence-corrected chi connectivity index (χ4v) is 3.81. The fraction of sp³-hybridized carbons (Fsp3) is 0. The minimum Gasteiger partial charge on any atom is -0.478 e. The van der Waals surface area contributed by atoms with Crippen molar-refractivity contribution in [3.63, 3.8) is 0 Å². The van der Waals surface area contributed by atoms with E-state index in [9.17, 15) is 14.2 Å². The average Bonchev–Trinajstić information content (AvgIpc) is 2.68. The highest BCUT2D eigenvalue weighted by molar-refractivity contribution is 7.61. The molecular formula is C20H15O6P. The maximum absolute atomic E-state index is 12.6. The first kappa shape index (κ1) is 18.4. The highest BCUT2D eigenvalue weighted by Crippen LogP contribution is 2.26. The molecule has 0 aliphatic carbocycles. The molecule has 136 valence electrons. The highest BCUT2D eigenvalue weighted by atomic mass is 31.1. The second-order valence-electron chi connectivity index (χ2n) is 5.64. The van der Waals surface area contributed by atoms with E-state index in [0.717, 1.165) is 11.4 Å². The van der Waals surface area contributed by atoms with E-state index >= 15 is 0 Å². The maximum Gasteiger partial charge on any atom is 0.336 e. The van der Waals surface area contributed by atoms with Gasteiger partial charge in [0, 0.05) is 10.6 Å². The summed E-state index contributed by atoms with van der Waals surface area (Å²) in [6, 6.07) is 19.5. The van der Waals surface area contributed by atoms with Crippen molar-refractivity contribution in [1.82, 2.24) is 0 Å². The van der Waals surface area contributed by atoms with Gasteiger partial charge < -0.3 is 19.5 Å². The van der Waals surface area contributed by atoms with Gasteiger partial charge in [0.2, 0.25) is 0 Å². The number of rotatable bonds is 6. The van der Waals surface area contributed by atoms with Crippen molar-refractivity contribution in [3.8, 4) is 11.5 Å². The van der Waals surface area contributed by atoms with E-state index in [1.54, 1.807) is 24.3 Å². The van der Waals surface area contributed by atoms with Crippen LogP contribution >= 0.6 is 7.80 Å². The Hall–Kier alpha value is -3.37. The molecule has 0 aromatic heterocycles. The number of hydrogen-bond acceptors (Lipinski definition) is 4. The van der Waals surface area contributed by atoms with Gasteiger partial charge in [-0.1, -0.05) is 30.3 Å². The zero-order valence-corrected chi connectivity index (χ0v) is 15.0. The fourth-order valence-electron chi connectivity index (χ4n) is 2.52. The Morgan fingerprint density at radius 2 is 1.26 bits per heavy atom. The molecule has 0 radical (unpaired) electrons. The Morgan fingerprint density at radius 1 is 0.704 bits per heavy atom. The highest BCUT2D eigenvalue weighted by Gasteiger charge is 2.17. The molecule has 3 aromatic rings. The smallest absolute Gasteiger partial charge is 0.336 e. The molecule has 27 heavy (non-hydrogen) atoms. The lowest BCUT2D eigenvalue weighted by molar-refractivity contribution is 0.0651. The molecule has 7 heteroatoms. The predicted molar refractivity (Wildman–Crippen MR) is 102 cm³/mol. The summed E-state index contributed by atoms with van der Waals surface area (Å²) < 4.78 is 18.2. The van der Waals surface area contributed by atoms with Crippen LogP contribution in [0.2, 0.25) is 0 Å². The molecule has 3 aromatic carbocycles. The summed E-state index contributed by atoms with van der Waals surface area (Å²) in [6.07, 6.45) is 0. The van der Waals surface area contributed by atoms with Crippen molar-refractivity contribution in [3.05, 3.63) is 83.9 Å². The SMILES string of the molecule is O=C(O)c1ccc(Oc2ccc([PH](=O)c3ccccc3)cc2)cc1C(=O)O. The van der Waals surface area contributed by atoms with Gasteiger partial charge in [0.25, 0.3) is 0 Å². The Labute approximate surface area is 155 Å². The average molecular weight is 382 g/mol. The first-order valence-electron chi connectivity index (χ1n) is 7.94. The number of carbonyl (C=O) groups is 2. The summed E-state index contributed by atoms with van der Waals surface area (Å²) in [5.74, 6) is -2.06. The summed E-state index contributed by atoms with van der Waals surface area (Å²) in [5, 5.41) is 19.6. The van der Waals surface area contributed by atoms with Crippen LogP contribution < -0.4 is 15.3 Å². The third kappa shape index (κ3) is 4.25. The van der Waals surface area contributed by atoms with Crippen LogP contribution in [0.3, 0.4) is 0 Å². The number of ether oxygens (including phenoxy) is 1. The van der Waals surface area contributed by atoms with Crippen molar-refractivity contribution >= 4 is 30.3 Å². The monoisotopic (exact) mass is 382 g/mol. The molecule has 0 aliphatic rings. The van der Waals surface area contributed by atoms with Crippen molar-refractivity contribution in [2.24, 2.45) is 0 Å². The summed E-state index contributed by atoms with van der Waals surface area (Å²) in [5.41, 5.74) is -0.669. The van der Waals surface area contributed by atoms with Gasteiger partial charge in [-0.3, -0.25) is 0 Å². The molecule has 2 N–H and O–H groups in total. The van der Waals surface area contributed by atoms with E-state index in [-0.39, 0.29) is 16.9 Å². The summed E-state index contributed by atoms with van der Waals surface area (Å²) >= 11 is 0. The Balaban J connectivity index is 1.81. The van der Waals surface area contributed by atoms with Crippen LogP contribution in [0.25, 0.3) is 0 Å². The lowest BCUT2D eigenvalue weighted by atomic mass is 10.1. The van der Waals surface area contributed by atoms with E-state index in [1.807, 2.05) is 30.3 Å². The second-order valence-corrected chi connectivity index (χ2v) is 7.45. The van der Waals surface area contributed by atoms with E-state index in [4.69, 9.17) is 14.9 Å². The molecule has 0 saturated heterocycles. The molecule has 1 atom stereocenters. The number of benzene rings is 3. The van der Waals surface area contributed by atoms with Gasteiger partial charge in [-0.15, -0.1) is 0 Å². The van der Waals surface area contributed by atoms with E-state index in [0.29, 0.717) is 11.1 Å². The summed E-state index contributed by atoms with van der Waals surface area (Å²) in [4.78, 5) is 22.3. The van der Waals surface area contributed by atoms with Crippen molar-refractivity contribution in [1.29, 1.82) is 0 Å². The molecule has 0 amide bonds. The zero-order valence-electron chi connectivity index (χ0n) is 14.0. The Bertz CT molecular complexity index is 1010. The largest absolute Gasteiger partial charge is 0.478 e. The van der Waals surface area contributed by atoms with Crippen LogP contribution in [0.5, 0.6) is 11.5 Å². The number of carboxylic acids is 2. The molecule has 0 aliphatic heterocycles. The standard InChI is InChI=1S/C20H15O6P/c21-19(22)17-11-8-14(12-18(17)20(23)24)26-13-6-9-16(10-7-13)27(25)15-4-2-1-3-5-15/h1-12,27H,(H,21,22)(H,23,24). The van der Waals surface area contributed by atoms with Crippen molar-refractivity contribution in [2.45, 2.75) is 0 Å². The normalized spacial score (nSPS) is 11.6. The molecule has 0 spiro atoms. The lowest BCUT2D eigenvalue weighted by Gasteiger charge is -2.09. The quantitative estimate of drug-likeness (QED) is 0.634. The van der Waals surface area contributed by atoms with Gasteiger partial charge in [0.15, 0.2) is 0 Å². The van der Waals surface area contributed by atoms with E-state index in [2.05, 4.69) is 0 Å². The third-order valence-corrected chi connectivity index (χ3v) is 5.56. The van der Waals surface area contributed by atoms with Crippen LogP contribution in [-0.4, -0.2) is 22.2 Å². The first-order chi connectivity index (χ1) is 13.0. The molecule has 0 fully saturated rings. The molecule has 0 bridgehead atoms. The van der Waals surface area contributed by atoms with Gasteiger partial charge in [-0.2, -0.15) is 0 Å². The molecule has 6 nitrogen and oxygen atoms in total. The molecule has 0 saturated carbocycles. The van der Waals surface area contributed by atoms with Crippen LogP contribution in [0.15, 0.2) is 72.8 Å². The minimum atomic E-state index is -2.11. The minimum absolute atomic E-state index is 0.195. The van der Waals surface area contributed by atoms with Crippen LogP contribution in [0, 0.1) is 0 Å².